The van der Waals surface area contributed by atoms with Crippen LogP contribution in [0, 0.1) is 0 Å². The highest BCUT2D eigenvalue weighted by molar-refractivity contribution is 5.87. The fourth-order valence-electron chi connectivity index (χ4n) is 1.56. The lowest BCUT2D eigenvalue weighted by Gasteiger charge is -2.23. The van der Waals surface area contributed by atoms with E-state index in [-0.39, 0.29) is 0 Å². The Morgan fingerprint density at radius 1 is 1.50 bits per heavy atom. The van der Waals surface area contributed by atoms with E-state index in [4.69, 9.17) is 5.11 Å². The molecule has 0 amide bonds. The predicted octanol–water partition coefficient (Wildman–Crippen LogP) is 2.62. The van der Waals surface area contributed by atoms with E-state index in [2.05, 4.69) is 25.8 Å². The minimum Gasteiger partial charge on any atom is -0.478 e. The summed E-state index contributed by atoms with van der Waals surface area (Å²) in [5, 5.41) is 8.89. The van der Waals surface area contributed by atoms with Crippen LogP contribution in [0.4, 0.5) is 0 Å². The summed E-state index contributed by atoms with van der Waals surface area (Å²) >= 11 is 0. The highest BCUT2D eigenvalue weighted by Crippen LogP contribution is 2.10. The van der Waals surface area contributed by atoms with Gasteiger partial charge in [-0.25, -0.2) is 4.79 Å². The fraction of sp³-hybridized carbons (Fsp3) is 0.462. The molecule has 0 bridgehead atoms. The van der Waals surface area contributed by atoms with Crippen LogP contribution in [0.1, 0.15) is 36.2 Å². The van der Waals surface area contributed by atoms with Gasteiger partial charge in [0.25, 0.3) is 0 Å². The maximum atomic E-state index is 10.8. The highest BCUT2D eigenvalue weighted by Gasteiger charge is 2.08. The maximum absolute atomic E-state index is 10.8. The van der Waals surface area contributed by atoms with Gasteiger partial charge >= 0.3 is 5.97 Å². The van der Waals surface area contributed by atoms with E-state index in [9.17, 15) is 4.79 Å². The lowest BCUT2D eigenvalue weighted by atomic mass is 10.1. The van der Waals surface area contributed by atoms with Crippen LogP contribution in [0.5, 0.6) is 0 Å². The molecule has 0 fully saturated rings. The Morgan fingerprint density at radius 2 is 2.19 bits per heavy atom. The lowest BCUT2D eigenvalue weighted by Crippen LogP contribution is -2.27. The van der Waals surface area contributed by atoms with Gasteiger partial charge in [-0.15, -0.1) is 0 Å². The summed E-state index contributed by atoms with van der Waals surface area (Å²) in [5.74, 6) is -0.868. The van der Waals surface area contributed by atoms with E-state index in [1.54, 1.807) is 18.2 Å². The molecule has 0 aromatic heterocycles. The van der Waals surface area contributed by atoms with E-state index in [0.717, 1.165) is 18.5 Å². The van der Waals surface area contributed by atoms with Crippen molar-refractivity contribution in [1.29, 1.82) is 0 Å². The summed E-state index contributed by atoms with van der Waals surface area (Å²) in [6.07, 6.45) is 1.09. The van der Waals surface area contributed by atoms with Crippen molar-refractivity contribution >= 4 is 5.97 Å². The molecule has 0 radical (unpaired) electrons. The molecule has 1 aromatic carbocycles. The summed E-state index contributed by atoms with van der Waals surface area (Å²) in [7, 11) is 2.06. The van der Waals surface area contributed by atoms with Crippen LogP contribution < -0.4 is 0 Å². The number of carboxylic acids is 1. The van der Waals surface area contributed by atoms with E-state index >= 15 is 0 Å². The summed E-state index contributed by atoms with van der Waals surface area (Å²) in [6.45, 7) is 5.10. The molecule has 88 valence electrons. The Morgan fingerprint density at radius 3 is 2.75 bits per heavy atom. The van der Waals surface area contributed by atoms with Crippen LogP contribution in [0.3, 0.4) is 0 Å². The number of benzene rings is 1. The SMILES string of the molecule is CCC(C)N(C)Cc1cccc(C(=O)O)c1. The summed E-state index contributed by atoms with van der Waals surface area (Å²) in [5.41, 5.74) is 1.40. The van der Waals surface area contributed by atoms with Gasteiger partial charge in [0.2, 0.25) is 0 Å². The molecule has 0 saturated carbocycles. The Hall–Kier alpha value is -1.35. The van der Waals surface area contributed by atoms with Crippen LogP contribution in [0.15, 0.2) is 24.3 Å². The van der Waals surface area contributed by atoms with Crippen LogP contribution in [0.25, 0.3) is 0 Å². The van der Waals surface area contributed by atoms with E-state index in [0.29, 0.717) is 11.6 Å². The zero-order valence-corrected chi connectivity index (χ0v) is 10.1. The summed E-state index contributed by atoms with van der Waals surface area (Å²) in [4.78, 5) is 13.0. The Bertz CT molecular complexity index is 363. The number of aromatic carboxylic acids is 1. The van der Waals surface area contributed by atoms with Crippen LogP contribution in [-0.4, -0.2) is 29.1 Å². The van der Waals surface area contributed by atoms with Crippen LogP contribution >= 0.6 is 0 Å². The van der Waals surface area contributed by atoms with Gasteiger partial charge in [-0.2, -0.15) is 0 Å². The van der Waals surface area contributed by atoms with Gasteiger partial charge in [0, 0.05) is 12.6 Å². The third-order valence-corrected chi connectivity index (χ3v) is 2.95. The molecule has 0 saturated heterocycles. The topological polar surface area (TPSA) is 40.5 Å². The molecule has 0 heterocycles. The number of rotatable bonds is 5. The van der Waals surface area contributed by atoms with Crippen molar-refractivity contribution in [2.75, 3.05) is 7.05 Å². The average molecular weight is 221 g/mol. The highest BCUT2D eigenvalue weighted by atomic mass is 16.4. The molecule has 0 aliphatic rings. The van der Waals surface area contributed by atoms with E-state index in [1.165, 1.54) is 0 Å². The molecular weight excluding hydrogens is 202 g/mol. The number of hydrogen-bond acceptors (Lipinski definition) is 2. The van der Waals surface area contributed by atoms with Crippen molar-refractivity contribution in [3.8, 4) is 0 Å². The molecule has 0 spiro atoms. The second kappa shape index (κ2) is 5.66. The van der Waals surface area contributed by atoms with Crippen LogP contribution in [-0.2, 0) is 6.54 Å². The molecule has 16 heavy (non-hydrogen) atoms. The third kappa shape index (κ3) is 3.35. The minimum absolute atomic E-state index is 0.357. The molecule has 3 nitrogen and oxygen atoms in total. The zero-order valence-electron chi connectivity index (χ0n) is 10.1. The molecule has 3 heteroatoms. The smallest absolute Gasteiger partial charge is 0.335 e. The first kappa shape index (κ1) is 12.7. The van der Waals surface area contributed by atoms with Gasteiger partial charge in [0.1, 0.15) is 0 Å². The van der Waals surface area contributed by atoms with Gasteiger partial charge in [-0.05, 0) is 38.1 Å². The lowest BCUT2D eigenvalue weighted by molar-refractivity contribution is 0.0696. The Labute approximate surface area is 96.7 Å². The largest absolute Gasteiger partial charge is 0.478 e. The van der Waals surface area contributed by atoms with Gasteiger partial charge < -0.3 is 5.11 Å². The van der Waals surface area contributed by atoms with E-state index in [1.807, 2.05) is 6.07 Å². The average Bonchev–Trinajstić information content (AvgIpc) is 2.28. The fourth-order valence-corrected chi connectivity index (χ4v) is 1.56. The third-order valence-electron chi connectivity index (χ3n) is 2.95. The van der Waals surface area contributed by atoms with Gasteiger partial charge in [-0.3, -0.25) is 4.90 Å². The molecule has 0 aliphatic heterocycles. The second-order valence-corrected chi connectivity index (χ2v) is 4.18. The first-order valence-corrected chi connectivity index (χ1v) is 5.57. The Kier molecular flexibility index (Phi) is 4.50. The summed E-state index contributed by atoms with van der Waals surface area (Å²) < 4.78 is 0. The molecule has 1 aromatic rings. The first-order valence-electron chi connectivity index (χ1n) is 5.57. The number of hydrogen-bond donors (Lipinski definition) is 1. The second-order valence-electron chi connectivity index (χ2n) is 4.18. The number of carboxylic acid groups (broad SMARTS) is 1. The molecule has 1 rings (SSSR count). The maximum Gasteiger partial charge on any atom is 0.335 e. The monoisotopic (exact) mass is 221 g/mol. The van der Waals surface area contributed by atoms with Gasteiger partial charge in [-0.1, -0.05) is 19.1 Å². The summed E-state index contributed by atoms with van der Waals surface area (Å²) in [6, 6.07) is 7.62. The van der Waals surface area contributed by atoms with Crippen molar-refractivity contribution in [2.24, 2.45) is 0 Å². The van der Waals surface area contributed by atoms with Crippen molar-refractivity contribution < 1.29 is 9.90 Å². The molecule has 1 N–H and O–H groups in total. The molecule has 0 aliphatic carbocycles. The molecule has 1 unspecified atom stereocenters. The van der Waals surface area contributed by atoms with Gasteiger partial charge in [0.15, 0.2) is 0 Å². The van der Waals surface area contributed by atoms with Crippen molar-refractivity contribution in [1.82, 2.24) is 4.90 Å². The standard InChI is InChI=1S/C13H19NO2/c1-4-10(2)14(3)9-11-6-5-7-12(8-11)13(15)16/h5-8,10H,4,9H2,1-3H3,(H,15,16). The quantitative estimate of drug-likeness (QED) is 0.831. The van der Waals surface area contributed by atoms with Crippen LogP contribution in [0.2, 0.25) is 0 Å². The van der Waals surface area contributed by atoms with Crippen molar-refractivity contribution in [3.05, 3.63) is 35.4 Å². The number of nitrogens with zero attached hydrogens (tertiary/aromatic N) is 1. The molecular formula is C13H19NO2. The first-order chi connectivity index (χ1) is 7.54. The van der Waals surface area contributed by atoms with Crippen molar-refractivity contribution in [3.63, 3.8) is 0 Å². The van der Waals surface area contributed by atoms with Gasteiger partial charge in [0.05, 0.1) is 5.56 Å². The normalized spacial score (nSPS) is 12.8. The zero-order chi connectivity index (χ0) is 12.1. The Balaban J connectivity index is 2.74. The number of carbonyl (C=O) groups is 1. The van der Waals surface area contributed by atoms with Crippen molar-refractivity contribution in [2.45, 2.75) is 32.9 Å². The predicted molar refractivity (Wildman–Crippen MR) is 64.6 cm³/mol. The molecule has 1 atom stereocenters. The minimum atomic E-state index is -0.868. The van der Waals surface area contributed by atoms with E-state index < -0.39 is 5.97 Å².